The van der Waals surface area contributed by atoms with Gasteiger partial charge in [0.15, 0.2) is 0 Å². The maximum absolute atomic E-state index is 11.8. The summed E-state index contributed by atoms with van der Waals surface area (Å²) in [6.45, 7) is 3.57. The molecule has 0 spiro atoms. The van der Waals surface area contributed by atoms with Gasteiger partial charge in [0.05, 0.1) is 19.2 Å². The van der Waals surface area contributed by atoms with Gasteiger partial charge in [-0.3, -0.25) is 9.59 Å². The zero-order chi connectivity index (χ0) is 14.3. The quantitative estimate of drug-likeness (QED) is 0.704. The number of carbonyl (C=O) groups is 2. The lowest BCUT2D eigenvalue weighted by molar-refractivity contribution is -0.121. The Morgan fingerprint density at radius 1 is 1.37 bits per heavy atom. The maximum atomic E-state index is 11.8. The van der Waals surface area contributed by atoms with E-state index in [1.807, 2.05) is 19.9 Å². The lowest BCUT2D eigenvalue weighted by atomic mass is 10.1. The van der Waals surface area contributed by atoms with Crippen molar-refractivity contribution < 1.29 is 14.7 Å². The van der Waals surface area contributed by atoms with Gasteiger partial charge < -0.3 is 15.7 Å². The molecular formula is C14H20N2O3. The molecule has 104 valence electrons. The molecule has 0 unspecified atom stereocenters. The van der Waals surface area contributed by atoms with E-state index < -0.39 is 0 Å². The molecule has 1 rings (SSSR count). The number of amides is 2. The first-order valence-corrected chi connectivity index (χ1v) is 6.32. The van der Waals surface area contributed by atoms with Crippen LogP contribution in [0.2, 0.25) is 0 Å². The number of hydrogen-bond donors (Lipinski definition) is 3. The van der Waals surface area contributed by atoms with Gasteiger partial charge in [0.2, 0.25) is 5.91 Å². The summed E-state index contributed by atoms with van der Waals surface area (Å²) in [5.74, 6) is -0.585. The lowest BCUT2D eigenvalue weighted by Gasteiger charge is -2.14. The Labute approximate surface area is 113 Å². The van der Waals surface area contributed by atoms with Crippen LogP contribution in [-0.2, 0) is 4.79 Å². The average Bonchev–Trinajstić information content (AvgIpc) is 2.42. The number of aliphatic hydroxyl groups excluding tert-OH is 1. The largest absolute Gasteiger partial charge is 0.394 e. The van der Waals surface area contributed by atoms with E-state index in [4.69, 9.17) is 5.11 Å². The number of rotatable bonds is 6. The Balaban J connectivity index is 2.44. The molecule has 5 heteroatoms. The monoisotopic (exact) mass is 264 g/mol. The predicted octanol–water partition coefficient (Wildman–Crippen LogP) is 0.612. The first-order chi connectivity index (χ1) is 9.06. The zero-order valence-corrected chi connectivity index (χ0v) is 11.3. The fourth-order valence-electron chi connectivity index (χ4n) is 1.60. The number of benzene rings is 1. The Kier molecular flexibility index (Phi) is 6.02. The number of carbonyl (C=O) groups excluding carboxylic acids is 2. The second-order valence-electron chi connectivity index (χ2n) is 4.41. The zero-order valence-electron chi connectivity index (χ0n) is 11.3. The van der Waals surface area contributed by atoms with Gasteiger partial charge in [-0.2, -0.15) is 0 Å². The van der Waals surface area contributed by atoms with Crippen LogP contribution in [0.25, 0.3) is 0 Å². The number of aliphatic hydroxyl groups is 1. The molecule has 0 saturated heterocycles. The molecular weight excluding hydrogens is 244 g/mol. The first kappa shape index (κ1) is 15.2. The van der Waals surface area contributed by atoms with Gasteiger partial charge in [0, 0.05) is 5.56 Å². The summed E-state index contributed by atoms with van der Waals surface area (Å²) in [6, 6.07) is 6.89. The van der Waals surface area contributed by atoms with Crippen molar-refractivity contribution in [3.8, 4) is 0 Å². The van der Waals surface area contributed by atoms with Crippen molar-refractivity contribution in [2.24, 2.45) is 0 Å². The van der Waals surface area contributed by atoms with Gasteiger partial charge in [0.25, 0.3) is 5.91 Å². The third kappa shape index (κ3) is 5.09. The maximum Gasteiger partial charge on any atom is 0.251 e. The van der Waals surface area contributed by atoms with Gasteiger partial charge >= 0.3 is 0 Å². The molecule has 1 atom stereocenters. The molecule has 1 aromatic rings. The van der Waals surface area contributed by atoms with Crippen LogP contribution in [0.4, 0.5) is 0 Å². The molecule has 2 amide bonds. The number of nitrogens with one attached hydrogen (secondary N) is 2. The Morgan fingerprint density at radius 3 is 2.68 bits per heavy atom. The minimum Gasteiger partial charge on any atom is -0.394 e. The van der Waals surface area contributed by atoms with Crippen LogP contribution in [-0.4, -0.2) is 36.1 Å². The molecule has 5 nitrogen and oxygen atoms in total. The summed E-state index contributed by atoms with van der Waals surface area (Å²) in [6.07, 6.45) is 0.647. The van der Waals surface area contributed by atoms with Crippen molar-refractivity contribution in [3.63, 3.8) is 0 Å². The van der Waals surface area contributed by atoms with Crippen molar-refractivity contribution >= 4 is 11.8 Å². The summed E-state index contributed by atoms with van der Waals surface area (Å²) in [5, 5.41) is 14.1. The highest BCUT2D eigenvalue weighted by Crippen LogP contribution is 2.03. The van der Waals surface area contributed by atoms with Gasteiger partial charge in [0.1, 0.15) is 0 Å². The molecule has 0 saturated carbocycles. The highest BCUT2D eigenvalue weighted by Gasteiger charge is 2.11. The topological polar surface area (TPSA) is 78.4 Å². The van der Waals surface area contributed by atoms with E-state index in [1.54, 1.807) is 18.2 Å². The van der Waals surface area contributed by atoms with E-state index in [1.165, 1.54) is 0 Å². The molecule has 19 heavy (non-hydrogen) atoms. The minimum atomic E-state index is -0.304. The molecule has 0 aromatic heterocycles. The highest BCUT2D eigenvalue weighted by atomic mass is 16.3. The van der Waals surface area contributed by atoms with Crippen LogP contribution in [0.5, 0.6) is 0 Å². The SMILES string of the molecule is CC[C@@H](CO)NC(=O)CNC(=O)c1cccc(C)c1. The van der Waals surface area contributed by atoms with Crippen molar-refractivity contribution in [1.29, 1.82) is 0 Å². The van der Waals surface area contributed by atoms with Crippen molar-refractivity contribution in [1.82, 2.24) is 10.6 Å². The Hall–Kier alpha value is -1.88. The molecule has 1 aromatic carbocycles. The Bertz CT molecular complexity index is 442. The third-order valence-electron chi connectivity index (χ3n) is 2.77. The van der Waals surface area contributed by atoms with Crippen molar-refractivity contribution in [2.45, 2.75) is 26.3 Å². The van der Waals surface area contributed by atoms with E-state index in [-0.39, 0.29) is 31.0 Å². The second-order valence-corrected chi connectivity index (χ2v) is 4.41. The van der Waals surface area contributed by atoms with E-state index in [0.717, 1.165) is 5.56 Å². The molecule has 0 aliphatic carbocycles. The van der Waals surface area contributed by atoms with E-state index in [9.17, 15) is 9.59 Å². The molecule has 0 aliphatic rings. The number of aryl methyl sites for hydroxylation is 1. The van der Waals surface area contributed by atoms with Crippen LogP contribution in [0.3, 0.4) is 0 Å². The fourth-order valence-corrected chi connectivity index (χ4v) is 1.60. The van der Waals surface area contributed by atoms with Crippen molar-refractivity contribution in [2.75, 3.05) is 13.2 Å². The minimum absolute atomic E-state index is 0.0940. The third-order valence-corrected chi connectivity index (χ3v) is 2.77. The van der Waals surface area contributed by atoms with Gasteiger partial charge in [-0.05, 0) is 25.5 Å². The summed E-state index contributed by atoms with van der Waals surface area (Å²) in [4.78, 5) is 23.3. The first-order valence-electron chi connectivity index (χ1n) is 6.32. The lowest BCUT2D eigenvalue weighted by Crippen LogP contribution is -2.43. The normalized spacial score (nSPS) is 11.7. The van der Waals surface area contributed by atoms with Gasteiger partial charge in [-0.1, -0.05) is 24.6 Å². The van der Waals surface area contributed by atoms with Crippen LogP contribution in [0.15, 0.2) is 24.3 Å². The summed E-state index contributed by atoms with van der Waals surface area (Å²) < 4.78 is 0. The summed E-state index contributed by atoms with van der Waals surface area (Å²) in [5.41, 5.74) is 1.52. The van der Waals surface area contributed by atoms with Crippen LogP contribution in [0.1, 0.15) is 29.3 Å². The standard InChI is InChI=1S/C14H20N2O3/c1-3-12(9-17)16-13(18)8-15-14(19)11-6-4-5-10(2)7-11/h4-7,12,17H,3,8-9H2,1-2H3,(H,15,19)(H,16,18)/t12-/m0/s1. The van der Waals surface area contributed by atoms with E-state index in [0.29, 0.717) is 12.0 Å². The van der Waals surface area contributed by atoms with E-state index in [2.05, 4.69) is 10.6 Å². The molecule has 0 bridgehead atoms. The molecule has 0 fully saturated rings. The summed E-state index contributed by atoms with van der Waals surface area (Å²) >= 11 is 0. The van der Waals surface area contributed by atoms with Crippen molar-refractivity contribution in [3.05, 3.63) is 35.4 Å². The smallest absolute Gasteiger partial charge is 0.251 e. The Morgan fingerprint density at radius 2 is 2.11 bits per heavy atom. The second kappa shape index (κ2) is 7.53. The molecule has 3 N–H and O–H groups in total. The highest BCUT2D eigenvalue weighted by molar-refractivity contribution is 5.96. The van der Waals surface area contributed by atoms with Crippen LogP contribution >= 0.6 is 0 Å². The molecule has 0 heterocycles. The van der Waals surface area contributed by atoms with Gasteiger partial charge in [-0.25, -0.2) is 0 Å². The molecule has 0 radical (unpaired) electrons. The van der Waals surface area contributed by atoms with Crippen LogP contribution in [0, 0.1) is 6.92 Å². The average molecular weight is 264 g/mol. The van der Waals surface area contributed by atoms with Gasteiger partial charge in [-0.15, -0.1) is 0 Å². The summed E-state index contributed by atoms with van der Waals surface area (Å²) in [7, 11) is 0. The fraction of sp³-hybridized carbons (Fsp3) is 0.429. The van der Waals surface area contributed by atoms with Crippen LogP contribution < -0.4 is 10.6 Å². The van der Waals surface area contributed by atoms with E-state index >= 15 is 0 Å². The molecule has 0 aliphatic heterocycles. The number of hydrogen-bond acceptors (Lipinski definition) is 3. The predicted molar refractivity (Wildman–Crippen MR) is 72.8 cm³/mol.